The molecular weight excluding hydrogens is 566 g/mol. The summed E-state index contributed by atoms with van der Waals surface area (Å²) in [6.07, 6.45) is 7.20. The molecule has 2 heterocycles. The molecule has 9 heteroatoms. The number of fused-ring (bicyclic) bond motifs is 2. The van der Waals surface area contributed by atoms with Gasteiger partial charge in [-0.3, -0.25) is 9.08 Å². The minimum Gasteiger partial charge on any atom is -0.493 e. The second kappa shape index (κ2) is 9.91. The zero-order chi connectivity index (χ0) is 29.6. The summed E-state index contributed by atoms with van der Waals surface area (Å²) in [5.74, 6) is 2.18. The maximum Gasteiger partial charge on any atom is 0.264 e. The van der Waals surface area contributed by atoms with Crippen molar-refractivity contribution in [3.05, 3.63) is 59.2 Å². The topological polar surface area (TPSA) is 83.5 Å². The lowest BCUT2D eigenvalue weighted by molar-refractivity contribution is -0.314. The van der Waals surface area contributed by atoms with Crippen LogP contribution in [0.15, 0.2) is 42.5 Å². The van der Waals surface area contributed by atoms with Crippen molar-refractivity contribution in [1.29, 1.82) is 0 Å². The summed E-state index contributed by atoms with van der Waals surface area (Å²) in [5.41, 5.74) is 2.51. The molecule has 0 radical (unpaired) electrons. The summed E-state index contributed by atoms with van der Waals surface area (Å²) < 4.78 is 57.2. The Morgan fingerprint density at radius 1 is 1.00 bits per heavy atom. The molecule has 4 saturated carbocycles. The number of hydrogen-bond donors (Lipinski definition) is 0. The summed E-state index contributed by atoms with van der Waals surface area (Å²) in [7, 11) is -0.143. The third-order valence-electron chi connectivity index (χ3n) is 12.2. The molecule has 43 heavy (non-hydrogen) atoms. The van der Waals surface area contributed by atoms with Gasteiger partial charge in [0, 0.05) is 42.0 Å². The molecule has 5 fully saturated rings. The van der Waals surface area contributed by atoms with Crippen LogP contribution in [0.1, 0.15) is 48.8 Å². The fourth-order valence-corrected chi connectivity index (χ4v) is 11.0. The first-order valence-corrected chi connectivity index (χ1v) is 17.7. The Morgan fingerprint density at radius 2 is 1.81 bits per heavy atom. The van der Waals surface area contributed by atoms with Crippen LogP contribution in [-0.4, -0.2) is 77.8 Å². The Balaban J connectivity index is 1.30. The van der Waals surface area contributed by atoms with E-state index in [2.05, 4.69) is 29.2 Å². The van der Waals surface area contributed by atoms with Gasteiger partial charge in [0.2, 0.25) is 0 Å². The highest BCUT2D eigenvalue weighted by Crippen LogP contribution is 2.78. The smallest absolute Gasteiger partial charge is 0.264 e. The Morgan fingerprint density at radius 3 is 2.53 bits per heavy atom. The van der Waals surface area contributed by atoms with E-state index in [1.807, 2.05) is 18.2 Å². The van der Waals surface area contributed by atoms with Gasteiger partial charge in [-0.1, -0.05) is 36.4 Å². The van der Waals surface area contributed by atoms with Crippen LogP contribution in [0.25, 0.3) is 0 Å². The van der Waals surface area contributed by atoms with Crippen LogP contribution < -0.4 is 9.47 Å². The summed E-state index contributed by atoms with van der Waals surface area (Å²) in [5, 5.41) is 0. The molecule has 2 aromatic carbocycles. The van der Waals surface area contributed by atoms with Crippen molar-refractivity contribution in [3.63, 3.8) is 0 Å². The zero-order valence-corrected chi connectivity index (χ0v) is 26.2. The summed E-state index contributed by atoms with van der Waals surface area (Å²) in [4.78, 5) is 2.76. The first-order valence-electron chi connectivity index (χ1n) is 15.9. The first kappa shape index (κ1) is 28.3. The first-order chi connectivity index (χ1) is 20.8. The Bertz CT molecular complexity index is 1510. The van der Waals surface area contributed by atoms with Crippen molar-refractivity contribution in [3.8, 4) is 11.5 Å². The maximum atomic E-state index is 12.6. The molecule has 1 saturated heterocycles. The Kier molecular flexibility index (Phi) is 6.53. The van der Waals surface area contributed by atoms with E-state index < -0.39 is 15.7 Å². The third kappa shape index (κ3) is 3.90. The largest absolute Gasteiger partial charge is 0.493 e. The predicted molar refractivity (Wildman–Crippen MR) is 161 cm³/mol. The van der Waals surface area contributed by atoms with Crippen LogP contribution in [0, 0.1) is 23.2 Å². The number of piperidine rings is 1. The summed E-state index contributed by atoms with van der Waals surface area (Å²) >= 11 is 0. The molecular formula is C34H43NO7S. The minimum absolute atomic E-state index is 0.0937. The number of ether oxygens (including phenoxy) is 4. The lowest BCUT2D eigenvalue weighted by Gasteiger charge is -2.76. The van der Waals surface area contributed by atoms with E-state index in [9.17, 15) is 8.42 Å². The third-order valence-corrected chi connectivity index (χ3v) is 12.8. The van der Waals surface area contributed by atoms with Gasteiger partial charge < -0.3 is 18.9 Å². The molecule has 8 nitrogen and oxygen atoms in total. The summed E-state index contributed by atoms with van der Waals surface area (Å²) in [6.45, 7) is 3.16. The van der Waals surface area contributed by atoms with E-state index in [4.69, 9.17) is 23.1 Å². The van der Waals surface area contributed by atoms with Crippen molar-refractivity contribution in [2.45, 2.75) is 68.3 Å². The molecule has 2 aromatic rings. The van der Waals surface area contributed by atoms with E-state index in [-0.39, 0.29) is 41.4 Å². The van der Waals surface area contributed by atoms with Crippen LogP contribution in [0.3, 0.4) is 0 Å². The van der Waals surface area contributed by atoms with Crippen molar-refractivity contribution in [1.82, 2.24) is 4.90 Å². The number of benzene rings is 2. The van der Waals surface area contributed by atoms with Crippen molar-refractivity contribution in [2.75, 3.05) is 46.8 Å². The molecule has 232 valence electrons. The average molecular weight is 610 g/mol. The predicted octanol–water partition coefficient (Wildman–Crippen LogP) is 4.34. The molecule has 0 amide bonds. The van der Waals surface area contributed by atoms with Crippen molar-refractivity contribution >= 4 is 10.1 Å². The number of methoxy groups -OCH3 is 2. The standard InChI is InChI=1S/C34H43NO7S/c1-38-27-12-11-24-17-28-32-13-14-34(39-2,31-33(32,29(24)30(27)42-31)15-16-35(28)18-22-9-10-22)26(25(32)21-41-43(3,36)37)20-40-19-23-7-5-4-6-8-23/h4-8,11-12,22,25-26,28,31H,9-10,13-21H2,1-3H3/t25-,26-,28+,31+,32+,33-,34+/m0/s1. The fourth-order valence-electron chi connectivity index (χ4n) is 10.6. The molecule has 0 aromatic heterocycles. The molecule has 7 atom stereocenters. The zero-order valence-electron chi connectivity index (χ0n) is 25.4. The molecule has 9 rings (SSSR count). The van der Waals surface area contributed by atoms with Crippen LogP contribution in [0.5, 0.6) is 11.5 Å². The molecule has 7 aliphatic rings. The Hall–Kier alpha value is -2.17. The lowest BCUT2D eigenvalue weighted by atomic mass is 9.32. The van der Waals surface area contributed by atoms with Crippen LogP contribution in [0.2, 0.25) is 0 Å². The highest BCUT2D eigenvalue weighted by molar-refractivity contribution is 7.85. The van der Waals surface area contributed by atoms with Crippen molar-refractivity contribution in [2.24, 2.45) is 23.2 Å². The quantitative estimate of drug-likeness (QED) is 0.348. The fraction of sp³-hybridized carbons (Fsp3) is 0.647. The van der Waals surface area contributed by atoms with E-state index >= 15 is 0 Å². The average Bonchev–Trinajstić information content (AvgIpc) is 3.75. The van der Waals surface area contributed by atoms with E-state index in [1.54, 1.807) is 14.2 Å². The van der Waals surface area contributed by atoms with Gasteiger partial charge in [-0.05, 0) is 74.1 Å². The lowest BCUT2D eigenvalue weighted by Crippen LogP contribution is -2.84. The molecule has 4 bridgehead atoms. The highest BCUT2D eigenvalue weighted by Gasteiger charge is 2.83. The van der Waals surface area contributed by atoms with Gasteiger partial charge in [0.05, 0.1) is 33.2 Å². The second-order valence-electron chi connectivity index (χ2n) is 13.9. The highest BCUT2D eigenvalue weighted by atomic mass is 32.2. The van der Waals surface area contributed by atoms with Gasteiger partial charge in [-0.25, -0.2) is 0 Å². The summed E-state index contributed by atoms with van der Waals surface area (Å²) in [6, 6.07) is 14.8. The second-order valence-corrected chi connectivity index (χ2v) is 15.6. The number of likely N-dealkylation sites (tertiary alicyclic amines) is 1. The van der Waals surface area contributed by atoms with E-state index in [0.29, 0.717) is 13.2 Å². The normalized spacial score (nSPS) is 37.2. The maximum absolute atomic E-state index is 12.6. The monoisotopic (exact) mass is 609 g/mol. The van der Waals surface area contributed by atoms with Gasteiger partial charge in [0.1, 0.15) is 11.7 Å². The number of rotatable bonds is 11. The van der Waals surface area contributed by atoms with E-state index in [0.717, 1.165) is 68.0 Å². The Labute approximate surface area is 255 Å². The SMILES string of the molecule is COc1ccc2c3c1O[C@H]1[C@@]4(OC)CC[C@@]5([C@@H](COS(C)(=O)=O)[C@@H]4COCc4ccccc4)[C@@H](C2)N(CC2CC2)CC[C@]315. The molecule has 0 N–H and O–H groups in total. The molecule has 2 aliphatic heterocycles. The molecule has 2 spiro atoms. The van der Waals surface area contributed by atoms with Gasteiger partial charge in [0.25, 0.3) is 10.1 Å². The van der Waals surface area contributed by atoms with Crippen LogP contribution in [0.4, 0.5) is 0 Å². The molecule has 0 unspecified atom stereocenters. The minimum atomic E-state index is -3.66. The van der Waals surface area contributed by atoms with Gasteiger partial charge in [-0.15, -0.1) is 0 Å². The van der Waals surface area contributed by atoms with Gasteiger partial charge >= 0.3 is 0 Å². The van der Waals surface area contributed by atoms with Gasteiger partial charge in [-0.2, -0.15) is 8.42 Å². The van der Waals surface area contributed by atoms with E-state index in [1.165, 1.54) is 24.0 Å². The van der Waals surface area contributed by atoms with Crippen molar-refractivity contribution < 1.29 is 31.5 Å². The number of hydrogen-bond acceptors (Lipinski definition) is 8. The van der Waals surface area contributed by atoms with Gasteiger partial charge in [0.15, 0.2) is 11.5 Å². The van der Waals surface area contributed by atoms with Crippen LogP contribution in [-0.2, 0) is 42.2 Å². The number of nitrogens with zero attached hydrogens (tertiary/aromatic N) is 1. The molecule has 5 aliphatic carbocycles. The van der Waals surface area contributed by atoms with Crippen LogP contribution >= 0.6 is 0 Å².